The number of hydrogen-bond donors (Lipinski definition) is 2. The fourth-order valence-electron chi connectivity index (χ4n) is 3.21. The third kappa shape index (κ3) is 5.11. The van der Waals surface area contributed by atoms with Crippen LogP contribution in [0.4, 0.5) is 0 Å². The Labute approximate surface area is 133 Å². The van der Waals surface area contributed by atoms with Crippen molar-refractivity contribution in [3.63, 3.8) is 0 Å². The largest absolute Gasteiger partial charge is 0.388 e. The van der Waals surface area contributed by atoms with Crippen molar-refractivity contribution in [3.8, 4) is 0 Å². The van der Waals surface area contributed by atoms with E-state index >= 15 is 0 Å². The maximum Gasteiger partial charge on any atom is 0.194 e. The first-order chi connectivity index (χ1) is 10.7. The lowest BCUT2D eigenvalue weighted by Gasteiger charge is -2.36. The van der Waals surface area contributed by atoms with Gasteiger partial charge >= 0.3 is 0 Å². The van der Waals surface area contributed by atoms with Crippen molar-refractivity contribution in [3.05, 3.63) is 0 Å². The molecular weight excluding hydrogens is 282 g/mol. The summed E-state index contributed by atoms with van der Waals surface area (Å²) in [6.45, 7) is 6.26. The number of hydrogen-bond acceptors (Lipinski definition) is 4. The van der Waals surface area contributed by atoms with Crippen LogP contribution in [-0.4, -0.2) is 74.2 Å². The summed E-state index contributed by atoms with van der Waals surface area (Å²) in [5.74, 6) is 0.880. The van der Waals surface area contributed by atoms with Crippen molar-refractivity contribution in [2.24, 2.45) is 4.99 Å². The molecule has 0 aromatic rings. The maximum absolute atomic E-state index is 10.6. The standard InChI is InChI=1S/C16H31N3O3/c1-3-17-15(18-13-16(20)7-5-4-6-8-16)19-9-10-22-14(11-19)12-21-2/h14,20H,3-13H2,1-2H3,(H,17,18). The number of nitrogens with zero attached hydrogens (tertiary/aromatic N) is 2. The van der Waals surface area contributed by atoms with E-state index in [1.807, 2.05) is 0 Å². The third-order valence-electron chi connectivity index (χ3n) is 4.43. The highest BCUT2D eigenvalue weighted by Gasteiger charge is 2.30. The highest BCUT2D eigenvalue weighted by Crippen LogP contribution is 2.28. The molecule has 6 nitrogen and oxygen atoms in total. The molecule has 2 fully saturated rings. The van der Waals surface area contributed by atoms with Crippen LogP contribution >= 0.6 is 0 Å². The smallest absolute Gasteiger partial charge is 0.194 e. The van der Waals surface area contributed by atoms with Crippen molar-refractivity contribution in [2.75, 3.05) is 46.5 Å². The van der Waals surface area contributed by atoms with Gasteiger partial charge < -0.3 is 24.8 Å². The second kappa shape index (κ2) is 8.70. The first-order valence-corrected chi connectivity index (χ1v) is 8.53. The zero-order valence-electron chi connectivity index (χ0n) is 14.0. The quantitative estimate of drug-likeness (QED) is 0.585. The molecule has 0 spiro atoms. The number of methoxy groups -OCH3 is 1. The van der Waals surface area contributed by atoms with Crippen LogP contribution in [0.25, 0.3) is 0 Å². The topological polar surface area (TPSA) is 66.3 Å². The van der Waals surface area contributed by atoms with Gasteiger partial charge in [-0.3, -0.25) is 4.99 Å². The molecule has 2 aliphatic rings. The Bertz CT molecular complexity index is 355. The van der Waals surface area contributed by atoms with Crippen LogP contribution in [0, 0.1) is 0 Å². The van der Waals surface area contributed by atoms with Crippen molar-refractivity contribution in [2.45, 2.75) is 50.7 Å². The van der Waals surface area contributed by atoms with Crippen molar-refractivity contribution < 1.29 is 14.6 Å². The lowest BCUT2D eigenvalue weighted by atomic mass is 9.85. The summed E-state index contributed by atoms with van der Waals surface area (Å²) < 4.78 is 10.9. The number of morpholine rings is 1. The molecule has 1 atom stereocenters. The Balaban J connectivity index is 1.96. The summed E-state index contributed by atoms with van der Waals surface area (Å²) in [6, 6.07) is 0. The second-order valence-electron chi connectivity index (χ2n) is 6.35. The minimum atomic E-state index is -0.614. The van der Waals surface area contributed by atoms with Gasteiger partial charge in [0.25, 0.3) is 0 Å². The zero-order chi connectivity index (χ0) is 15.8. The van der Waals surface area contributed by atoms with Gasteiger partial charge in [-0.25, -0.2) is 0 Å². The molecule has 0 radical (unpaired) electrons. The van der Waals surface area contributed by atoms with E-state index in [1.54, 1.807) is 7.11 Å². The van der Waals surface area contributed by atoms with E-state index in [4.69, 9.17) is 14.5 Å². The normalized spacial score (nSPS) is 26.0. The lowest BCUT2D eigenvalue weighted by molar-refractivity contribution is -0.0449. The molecule has 0 amide bonds. The summed E-state index contributed by atoms with van der Waals surface area (Å²) in [7, 11) is 1.69. The Kier molecular flexibility index (Phi) is 6.92. The third-order valence-corrected chi connectivity index (χ3v) is 4.43. The lowest BCUT2D eigenvalue weighted by Crippen LogP contribution is -2.52. The average molecular weight is 313 g/mol. The number of ether oxygens (including phenoxy) is 2. The molecule has 128 valence electrons. The number of guanidine groups is 1. The van der Waals surface area contributed by atoms with Crippen molar-refractivity contribution in [1.29, 1.82) is 0 Å². The van der Waals surface area contributed by atoms with Gasteiger partial charge in [0.1, 0.15) is 0 Å². The molecular formula is C16H31N3O3. The van der Waals surface area contributed by atoms with E-state index in [0.29, 0.717) is 19.8 Å². The molecule has 22 heavy (non-hydrogen) atoms. The van der Waals surface area contributed by atoms with Gasteiger partial charge in [0.2, 0.25) is 0 Å². The SMILES string of the molecule is CCNC(=NCC1(O)CCCCC1)N1CCOC(COC)C1. The molecule has 2 rings (SSSR count). The summed E-state index contributed by atoms with van der Waals surface area (Å²) in [4.78, 5) is 6.92. The van der Waals surface area contributed by atoms with Gasteiger partial charge in [-0.2, -0.15) is 0 Å². The predicted octanol–water partition coefficient (Wildman–Crippen LogP) is 0.994. The van der Waals surface area contributed by atoms with E-state index < -0.39 is 5.60 Å². The number of aliphatic imine (C=N–C) groups is 1. The van der Waals surface area contributed by atoms with Crippen LogP contribution in [-0.2, 0) is 9.47 Å². The highest BCUT2D eigenvalue weighted by molar-refractivity contribution is 5.80. The number of nitrogens with one attached hydrogen (secondary N) is 1. The van der Waals surface area contributed by atoms with E-state index in [2.05, 4.69) is 17.1 Å². The Morgan fingerprint density at radius 3 is 2.86 bits per heavy atom. The molecule has 1 heterocycles. The fraction of sp³-hybridized carbons (Fsp3) is 0.938. The Hall–Kier alpha value is -0.850. The van der Waals surface area contributed by atoms with Gasteiger partial charge in [0.15, 0.2) is 5.96 Å². The molecule has 1 aliphatic heterocycles. The minimum absolute atomic E-state index is 0.0837. The fourth-order valence-corrected chi connectivity index (χ4v) is 3.21. The summed E-state index contributed by atoms with van der Waals surface area (Å²) in [5, 5.41) is 14.0. The maximum atomic E-state index is 10.6. The van der Waals surface area contributed by atoms with Gasteiger partial charge in [-0.15, -0.1) is 0 Å². The Morgan fingerprint density at radius 2 is 2.18 bits per heavy atom. The van der Waals surface area contributed by atoms with Gasteiger partial charge in [-0.05, 0) is 19.8 Å². The van der Waals surface area contributed by atoms with Crippen LogP contribution in [0.1, 0.15) is 39.0 Å². The molecule has 6 heteroatoms. The molecule has 0 bridgehead atoms. The second-order valence-corrected chi connectivity index (χ2v) is 6.35. The number of rotatable bonds is 5. The van der Waals surface area contributed by atoms with Crippen LogP contribution in [0.15, 0.2) is 4.99 Å². The molecule has 2 N–H and O–H groups in total. The van der Waals surface area contributed by atoms with Gasteiger partial charge in [-0.1, -0.05) is 19.3 Å². The minimum Gasteiger partial charge on any atom is -0.388 e. The van der Waals surface area contributed by atoms with Gasteiger partial charge in [0, 0.05) is 26.7 Å². The summed E-state index contributed by atoms with van der Waals surface area (Å²) >= 11 is 0. The molecule has 1 aliphatic carbocycles. The molecule has 1 unspecified atom stereocenters. The summed E-state index contributed by atoms with van der Waals surface area (Å²) in [5.41, 5.74) is -0.614. The molecule has 0 aromatic carbocycles. The summed E-state index contributed by atoms with van der Waals surface area (Å²) in [6.07, 6.45) is 5.26. The highest BCUT2D eigenvalue weighted by atomic mass is 16.5. The number of aliphatic hydroxyl groups is 1. The van der Waals surface area contributed by atoms with E-state index in [1.165, 1.54) is 6.42 Å². The first kappa shape index (κ1) is 17.5. The van der Waals surface area contributed by atoms with Gasteiger partial charge in [0.05, 0.1) is 31.5 Å². The molecule has 1 saturated heterocycles. The van der Waals surface area contributed by atoms with Crippen LogP contribution < -0.4 is 5.32 Å². The van der Waals surface area contributed by atoms with Crippen LogP contribution in [0.5, 0.6) is 0 Å². The monoisotopic (exact) mass is 313 g/mol. The average Bonchev–Trinajstić information content (AvgIpc) is 2.53. The van der Waals surface area contributed by atoms with Crippen LogP contribution in [0.2, 0.25) is 0 Å². The molecule has 0 aromatic heterocycles. The van der Waals surface area contributed by atoms with Crippen molar-refractivity contribution >= 4 is 5.96 Å². The molecule has 1 saturated carbocycles. The van der Waals surface area contributed by atoms with Crippen molar-refractivity contribution in [1.82, 2.24) is 10.2 Å². The predicted molar refractivity (Wildman–Crippen MR) is 87.2 cm³/mol. The van der Waals surface area contributed by atoms with E-state index in [0.717, 1.165) is 51.3 Å². The van der Waals surface area contributed by atoms with E-state index in [-0.39, 0.29) is 6.10 Å². The first-order valence-electron chi connectivity index (χ1n) is 8.53. The zero-order valence-corrected chi connectivity index (χ0v) is 14.0. The Morgan fingerprint density at radius 1 is 1.41 bits per heavy atom. The van der Waals surface area contributed by atoms with Crippen LogP contribution in [0.3, 0.4) is 0 Å². The van der Waals surface area contributed by atoms with E-state index in [9.17, 15) is 5.11 Å².